The van der Waals surface area contributed by atoms with Gasteiger partial charge in [0.25, 0.3) is 0 Å². The lowest BCUT2D eigenvalue weighted by Gasteiger charge is -2.28. The Kier molecular flexibility index (Phi) is 10.8. The van der Waals surface area contributed by atoms with Crippen LogP contribution in [-0.4, -0.2) is 42.7 Å². The molecule has 1 aromatic carbocycles. The van der Waals surface area contributed by atoms with Gasteiger partial charge in [0.2, 0.25) is 0 Å². The number of hydrogen-bond acceptors (Lipinski definition) is 4. The number of anilines is 1. The first-order chi connectivity index (χ1) is 11.0. The Hall–Kier alpha value is -1.23. The number of methoxy groups -OCH3 is 1. The number of fused-ring (bicyclic) bond motifs is 1. The van der Waals surface area contributed by atoms with Gasteiger partial charge in [-0.3, -0.25) is 9.88 Å². The molecule has 0 aliphatic carbocycles. The Morgan fingerprint density at radius 2 is 1.88 bits per heavy atom. The van der Waals surface area contributed by atoms with Crippen LogP contribution in [0, 0.1) is 5.92 Å². The van der Waals surface area contributed by atoms with E-state index in [1.165, 1.54) is 0 Å². The van der Waals surface area contributed by atoms with Crippen LogP contribution in [0.4, 0.5) is 5.69 Å². The third kappa shape index (κ3) is 6.89. The normalized spacial score (nSPS) is 10.7. The van der Waals surface area contributed by atoms with E-state index in [9.17, 15) is 0 Å². The first-order valence-corrected chi connectivity index (χ1v) is 8.42. The molecule has 6 heteroatoms. The summed E-state index contributed by atoms with van der Waals surface area (Å²) in [4.78, 5) is 7.01. The van der Waals surface area contributed by atoms with Crippen LogP contribution in [0.15, 0.2) is 30.5 Å². The lowest BCUT2D eigenvalue weighted by Crippen LogP contribution is -2.37. The molecule has 1 aromatic heterocycles. The van der Waals surface area contributed by atoms with Gasteiger partial charge in [0.15, 0.2) is 0 Å². The van der Waals surface area contributed by atoms with Gasteiger partial charge < -0.3 is 10.1 Å². The summed E-state index contributed by atoms with van der Waals surface area (Å²) in [6, 6.07) is 8.62. The molecule has 0 aliphatic rings. The summed E-state index contributed by atoms with van der Waals surface area (Å²) < 4.78 is 5.40. The van der Waals surface area contributed by atoms with Crippen molar-refractivity contribution in [2.75, 3.05) is 32.1 Å². The molecule has 0 bridgehead atoms. The van der Waals surface area contributed by atoms with Crippen LogP contribution in [0.25, 0.3) is 10.9 Å². The number of ether oxygens (including phenoxy) is 1. The average Bonchev–Trinajstić information content (AvgIpc) is 2.53. The quantitative estimate of drug-likeness (QED) is 0.701. The molecule has 142 valence electrons. The third-order valence-corrected chi connectivity index (χ3v) is 3.96. The Morgan fingerprint density at radius 1 is 1.16 bits per heavy atom. The number of benzene rings is 1. The van der Waals surface area contributed by atoms with Gasteiger partial charge >= 0.3 is 0 Å². The predicted molar refractivity (Wildman–Crippen MR) is 113 cm³/mol. The van der Waals surface area contributed by atoms with Crippen molar-refractivity contribution in [2.45, 2.75) is 33.7 Å². The molecule has 2 aromatic rings. The van der Waals surface area contributed by atoms with Gasteiger partial charge in [-0.1, -0.05) is 19.9 Å². The van der Waals surface area contributed by atoms with E-state index in [0.717, 1.165) is 42.0 Å². The zero-order valence-electron chi connectivity index (χ0n) is 15.8. The minimum Gasteiger partial charge on any atom is -0.497 e. The third-order valence-electron chi connectivity index (χ3n) is 3.96. The molecule has 25 heavy (non-hydrogen) atoms. The van der Waals surface area contributed by atoms with E-state index in [1.807, 2.05) is 24.4 Å². The SMILES string of the molecule is COc1cc(NCCN(CC(C)C)C(C)C)c2ncccc2c1.Cl.Cl. The molecule has 0 spiro atoms. The van der Waals surface area contributed by atoms with Crippen LogP contribution >= 0.6 is 24.8 Å². The highest BCUT2D eigenvalue weighted by Crippen LogP contribution is 2.27. The molecule has 0 saturated carbocycles. The predicted octanol–water partition coefficient (Wildman–Crippen LogP) is 4.87. The fraction of sp³-hybridized carbons (Fsp3) is 0.526. The van der Waals surface area contributed by atoms with Gasteiger partial charge in [0.1, 0.15) is 5.75 Å². The van der Waals surface area contributed by atoms with Gasteiger partial charge in [0.05, 0.1) is 18.3 Å². The van der Waals surface area contributed by atoms with Crippen LogP contribution in [-0.2, 0) is 0 Å². The van der Waals surface area contributed by atoms with E-state index in [4.69, 9.17) is 4.74 Å². The van der Waals surface area contributed by atoms with Crippen molar-refractivity contribution in [3.05, 3.63) is 30.5 Å². The topological polar surface area (TPSA) is 37.4 Å². The zero-order chi connectivity index (χ0) is 16.8. The Morgan fingerprint density at radius 3 is 2.48 bits per heavy atom. The van der Waals surface area contributed by atoms with E-state index >= 15 is 0 Å². The second-order valence-corrected chi connectivity index (χ2v) is 6.66. The summed E-state index contributed by atoms with van der Waals surface area (Å²) in [6.45, 7) is 12.1. The van der Waals surface area contributed by atoms with Gasteiger partial charge in [-0.15, -0.1) is 24.8 Å². The molecule has 0 saturated heterocycles. The summed E-state index contributed by atoms with van der Waals surface area (Å²) >= 11 is 0. The first kappa shape index (κ1) is 23.8. The smallest absolute Gasteiger partial charge is 0.121 e. The van der Waals surface area contributed by atoms with E-state index < -0.39 is 0 Å². The van der Waals surface area contributed by atoms with Crippen molar-refractivity contribution < 1.29 is 4.74 Å². The summed E-state index contributed by atoms with van der Waals surface area (Å²) in [5.74, 6) is 1.53. The van der Waals surface area contributed by atoms with E-state index in [0.29, 0.717) is 12.0 Å². The second kappa shape index (κ2) is 11.4. The van der Waals surface area contributed by atoms with Crippen LogP contribution in [0.1, 0.15) is 27.7 Å². The second-order valence-electron chi connectivity index (χ2n) is 6.66. The molecule has 1 N–H and O–H groups in total. The molecule has 0 atom stereocenters. The summed E-state index contributed by atoms with van der Waals surface area (Å²) in [7, 11) is 1.70. The maximum atomic E-state index is 5.40. The zero-order valence-corrected chi connectivity index (χ0v) is 17.4. The number of aromatic nitrogens is 1. The van der Waals surface area contributed by atoms with Crippen molar-refractivity contribution in [1.29, 1.82) is 0 Å². The highest BCUT2D eigenvalue weighted by Gasteiger charge is 2.11. The van der Waals surface area contributed by atoms with Gasteiger partial charge in [0, 0.05) is 43.3 Å². The molecule has 4 nitrogen and oxygen atoms in total. The van der Waals surface area contributed by atoms with E-state index in [2.05, 4.69) is 49.0 Å². The van der Waals surface area contributed by atoms with Crippen LogP contribution in [0.2, 0.25) is 0 Å². The molecular weight excluding hydrogens is 357 g/mol. The highest BCUT2D eigenvalue weighted by molar-refractivity contribution is 5.91. The lowest BCUT2D eigenvalue weighted by molar-refractivity contribution is 0.205. The van der Waals surface area contributed by atoms with E-state index in [1.54, 1.807) is 7.11 Å². The minimum absolute atomic E-state index is 0. The number of nitrogens with zero attached hydrogens (tertiary/aromatic N) is 2. The van der Waals surface area contributed by atoms with Crippen molar-refractivity contribution in [3.63, 3.8) is 0 Å². The molecule has 0 unspecified atom stereocenters. The molecule has 0 aliphatic heterocycles. The van der Waals surface area contributed by atoms with Crippen molar-refractivity contribution in [1.82, 2.24) is 9.88 Å². The minimum atomic E-state index is 0. The van der Waals surface area contributed by atoms with Crippen molar-refractivity contribution >= 4 is 41.4 Å². The maximum absolute atomic E-state index is 5.40. The number of hydrogen-bond donors (Lipinski definition) is 1. The Bertz CT molecular complexity index is 635. The monoisotopic (exact) mass is 387 g/mol. The number of halogens is 2. The first-order valence-electron chi connectivity index (χ1n) is 8.42. The van der Waals surface area contributed by atoms with Crippen LogP contribution in [0.3, 0.4) is 0 Å². The number of rotatable bonds is 8. The Labute approximate surface area is 164 Å². The summed E-state index contributed by atoms with van der Waals surface area (Å²) in [5.41, 5.74) is 2.03. The molecule has 1 heterocycles. The largest absolute Gasteiger partial charge is 0.497 e. The molecule has 0 amide bonds. The van der Waals surface area contributed by atoms with Crippen molar-refractivity contribution in [2.24, 2.45) is 5.92 Å². The van der Waals surface area contributed by atoms with Crippen LogP contribution in [0.5, 0.6) is 5.75 Å². The van der Waals surface area contributed by atoms with E-state index in [-0.39, 0.29) is 24.8 Å². The van der Waals surface area contributed by atoms with Gasteiger partial charge in [-0.25, -0.2) is 0 Å². The average molecular weight is 388 g/mol. The lowest BCUT2D eigenvalue weighted by atomic mass is 10.1. The molecule has 2 rings (SSSR count). The molecular formula is C19H31Cl2N3O. The molecule has 0 fully saturated rings. The standard InChI is InChI=1S/C19H29N3O.2ClH/c1-14(2)13-22(15(3)4)10-9-20-18-12-17(23-5)11-16-7-6-8-21-19(16)18;;/h6-8,11-12,14-15,20H,9-10,13H2,1-5H3;2*1H. The molecule has 0 radical (unpaired) electrons. The summed E-state index contributed by atoms with van der Waals surface area (Å²) in [6.07, 6.45) is 1.83. The number of nitrogens with one attached hydrogen (secondary N) is 1. The van der Waals surface area contributed by atoms with Gasteiger partial charge in [-0.2, -0.15) is 0 Å². The highest BCUT2D eigenvalue weighted by atomic mass is 35.5. The Balaban J connectivity index is 0.00000288. The summed E-state index contributed by atoms with van der Waals surface area (Å²) in [5, 5.41) is 4.63. The van der Waals surface area contributed by atoms with Gasteiger partial charge in [-0.05, 0) is 31.9 Å². The maximum Gasteiger partial charge on any atom is 0.121 e. The van der Waals surface area contributed by atoms with Crippen molar-refractivity contribution in [3.8, 4) is 5.75 Å². The number of pyridine rings is 1. The fourth-order valence-corrected chi connectivity index (χ4v) is 2.78. The fourth-order valence-electron chi connectivity index (χ4n) is 2.78. The van der Waals surface area contributed by atoms with Crippen LogP contribution < -0.4 is 10.1 Å².